The summed E-state index contributed by atoms with van der Waals surface area (Å²) in [6, 6.07) is 1.64. The van der Waals surface area contributed by atoms with E-state index in [1.54, 1.807) is 5.41 Å². The first-order valence-electron chi connectivity index (χ1n) is 5.31. The maximum atomic E-state index is 11.7. The van der Waals surface area contributed by atoms with Gasteiger partial charge in [-0.25, -0.2) is 0 Å². The fourth-order valence-electron chi connectivity index (χ4n) is 1.71. The molecule has 7 heteroatoms. The number of nitrogens with one attached hydrogen (secondary N) is 3. The highest BCUT2D eigenvalue weighted by Crippen LogP contribution is 2.20. The van der Waals surface area contributed by atoms with Crippen molar-refractivity contribution in [2.24, 2.45) is 0 Å². The second-order valence-electron chi connectivity index (χ2n) is 3.81. The minimum atomic E-state index is -0.588. The number of carbonyl (C=O) groups is 2. The molecular formula is C10H12N4O2S. The van der Waals surface area contributed by atoms with E-state index in [4.69, 9.17) is 5.26 Å². The van der Waals surface area contributed by atoms with Gasteiger partial charge < -0.3 is 10.6 Å². The first-order valence-corrected chi connectivity index (χ1v) is 6.25. The Bertz CT molecular complexity index is 409. The molecule has 0 aliphatic carbocycles. The zero-order valence-electron chi connectivity index (χ0n) is 9.03. The summed E-state index contributed by atoms with van der Waals surface area (Å²) in [7, 11) is 0. The largest absolute Gasteiger partial charge is 0.356 e. The summed E-state index contributed by atoms with van der Waals surface area (Å²) >= 11 is 1.19. The lowest BCUT2D eigenvalue weighted by Crippen LogP contribution is -2.48. The van der Waals surface area contributed by atoms with Gasteiger partial charge in [-0.05, 0) is 19.4 Å². The van der Waals surface area contributed by atoms with E-state index >= 15 is 0 Å². The molecule has 0 saturated carbocycles. The molecule has 1 fully saturated rings. The van der Waals surface area contributed by atoms with Gasteiger partial charge >= 0.3 is 0 Å². The fourth-order valence-corrected chi connectivity index (χ4v) is 2.48. The van der Waals surface area contributed by atoms with E-state index < -0.39 is 11.3 Å². The quantitative estimate of drug-likeness (QED) is 0.569. The summed E-state index contributed by atoms with van der Waals surface area (Å²) in [5, 5.41) is 17.7. The lowest BCUT2D eigenvalue weighted by atomic mass is 10.2. The summed E-state index contributed by atoms with van der Waals surface area (Å²) in [5.41, 5.74) is 0.349. The van der Waals surface area contributed by atoms with Crippen molar-refractivity contribution in [1.82, 2.24) is 16.0 Å². The van der Waals surface area contributed by atoms with Crippen LogP contribution in [0, 0.1) is 11.3 Å². The molecule has 90 valence electrons. The normalized spacial score (nSPS) is 26.9. The average molecular weight is 252 g/mol. The van der Waals surface area contributed by atoms with Crippen molar-refractivity contribution in [1.29, 1.82) is 5.26 Å². The third-order valence-electron chi connectivity index (χ3n) is 2.59. The summed E-state index contributed by atoms with van der Waals surface area (Å²) < 4.78 is 0. The van der Waals surface area contributed by atoms with E-state index in [-0.39, 0.29) is 11.9 Å². The van der Waals surface area contributed by atoms with Gasteiger partial charge in [0.25, 0.3) is 5.91 Å². The molecule has 3 N–H and O–H groups in total. The number of rotatable bonds is 2. The highest BCUT2D eigenvalue weighted by molar-refractivity contribution is 8.03. The lowest BCUT2D eigenvalue weighted by Gasteiger charge is -2.13. The van der Waals surface area contributed by atoms with Crippen molar-refractivity contribution in [3.63, 3.8) is 0 Å². The van der Waals surface area contributed by atoms with E-state index in [2.05, 4.69) is 16.0 Å². The molecule has 2 aliphatic rings. The van der Waals surface area contributed by atoms with Crippen molar-refractivity contribution in [2.45, 2.75) is 24.3 Å². The molecule has 6 nitrogen and oxygen atoms in total. The topological polar surface area (TPSA) is 94.0 Å². The molecule has 0 radical (unpaired) electrons. The van der Waals surface area contributed by atoms with Crippen LogP contribution in [0.15, 0.2) is 11.1 Å². The van der Waals surface area contributed by atoms with Crippen molar-refractivity contribution in [2.75, 3.05) is 6.54 Å². The van der Waals surface area contributed by atoms with Crippen molar-refractivity contribution >= 4 is 23.6 Å². The van der Waals surface area contributed by atoms with Gasteiger partial charge in [-0.1, -0.05) is 11.8 Å². The number of hydrogen-bond acceptors (Lipinski definition) is 6. The highest BCUT2D eigenvalue weighted by Gasteiger charge is 2.29. The minimum Gasteiger partial charge on any atom is -0.356 e. The zero-order chi connectivity index (χ0) is 12.3. The molecular weight excluding hydrogens is 240 g/mol. The molecule has 0 aromatic carbocycles. The van der Waals surface area contributed by atoms with Crippen LogP contribution in [-0.4, -0.2) is 29.8 Å². The Hall–Kier alpha value is -1.52. The SMILES string of the molecule is N#CC1=CSC(C(=O)NC(=O)[C@@H]2CCCN2)N1. The number of amides is 2. The van der Waals surface area contributed by atoms with Crippen LogP contribution in [0.25, 0.3) is 0 Å². The molecule has 2 atom stereocenters. The van der Waals surface area contributed by atoms with Gasteiger partial charge in [0.2, 0.25) is 5.91 Å². The molecule has 1 saturated heterocycles. The monoisotopic (exact) mass is 252 g/mol. The summed E-state index contributed by atoms with van der Waals surface area (Å²) in [4.78, 5) is 23.3. The van der Waals surface area contributed by atoms with E-state index in [1.165, 1.54) is 11.8 Å². The van der Waals surface area contributed by atoms with Crippen LogP contribution in [-0.2, 0) is 9.59 Å². The molecule has 0 bridgehead atoms. The Morgan fingerprint density at radius 3 is 2.94 bits per heavy atom. The number of thioether (sulfide) groups is 1. The van der Waals surface area contributed by atoms with Gasteiger partial charge in [0.15, 0.2) is 5.37 Å². The van der Waals surface area contributed by atoms with E-state index in [0.717, 1.165) is 19.4 Å². The van der Waals surface area contributed by atoms with Crippen LogP contribution >= 0.6 is 11.8 Å². The van der Waals surface area contributed by atoms with Crippen LogP contribution in [0.4, 0.5) is 0 Å². The highest BCUT2D eigenvalue weighted by atomic mass is 32.2. The number of carbonyl (C=O) groups excluding carboxylic acids is 2. The van der Waals surface area contributed by atoms with Gasteiger partial charge in [0.05, 0.1) is 6.04 Å². The van der Waals surface area contributed by atoms with Crippen molar-refractivity contribution in [3.8, 4) is 6.07 Å². The third-order valence-corrected chi connectivity index (χ3v) is 3.57. The fraction of sp³-hybridized carbons (Fsp3) is 0.500. The van der Waals surface area contributed by atoms with Crippen molar-refractivity contribution < 1.29 is 9.59 Å². The Morgan fingerprint density at radius 2 is 2.35 bits per heavy atom. The van der Waals surface area contributed by atoms with Crippen LogP contribution in [0.1, 0.15) is 12.8 Å². The van der Waals surface area contributed by atoms with Gasteiger partial charge in [0, 0.05) is 5.41 Å². The van der Waals surface area contributed by atoms with Gasteiger partial charge in [-0.2, -0.15) is 5.26 Å². The predicted octanol–water partition coefficient (Wildman–Crippen LogP) is -0.591. The van der Waals surface area contributed by atoms with Gasteiger partial charge in [-0.15, -0.1) is 0 Å². The Kier molecular flexibility index (Phi) is 3.66. The average Bonchev–Trinajstić information content (AvgIpc) is 3.00. The maximum Gasteiger partial charge on any atom is 0.259 e. The van der Waals surface area contributed by atoms with Gasteiger partial charge in [-0.3, -0.25) is 14.9 Å². The molecule has 1 unspecified atom stereocenters. The molecule has 0 aromatic heterocycles. The van der Waals surface area contributed by atoms with Gasteiger partial charge in [0.1, 0.15) is 11.8 Å². The molecule has 2 heterocycles. The van der Waals surface area contributed by atoms with Crippen LogP contribution in [0.5, 0.6) is 0 Å². The van der Waals surface area contributed by atoms with Crippen LogP contribution in [0.3, 0.4) is 0 Å². The second-order valence-corrected chi connectivity index (χ2v) is 4.79. The van der Waals surface area contributed by atoms with Crippen LogP contribution in [0.2, 0.25) is 0 Å². The van der Waals surface area contributed by atoms with E-state index in [0.29, 0.717) is 5.70 Å². The van der Waals surface area contributed by atoms with E-state index in [1.807, 2.05) is 6.07 Å². The van der Waals surface area contributed by atoms with Crippen LogP contribution < -0.4 is 16.0 Å². The standard InChI is InChI=1S/C10H12N4O2S/c11-4-6-5-17-10(13-6)9(16)14-8(15)7-2-1-3-12-7/h5,7,10,12-13H,1-3H2,(H,14,15,16)/t7-,10?/m0/s1. The Morgan fingerprint density at radius 1 is 1.53 bits per heavy atom. The number of imide groups is 1. The number of allylic oxidation sites excluding steroid dienone is 1. The summed E-state index contributed by atoms with van der Waals surface area (Å²) in [5.74, 6) is -0.699. The second kappa shape index (κ2) is 5.21. The summed E-state index contributed by atoms with van der Waals surface area (Å²) in [6.07, 6.45) is 1.70. The first kappa shape index (κ1) is 12.0. The smallest absolute Gasteiger partial charge is 0.259 e. The predicted molar refractivity (Wildman–Crippen MR) is 62.4 cm³/mol. The number of hydrogen-bond donors (Lipinski definition) is 3. The maximum absolute atomic E-state index is 11.7. The third kappa shape index (κ3) is 2.78. The number of nitriles is 1. The van der Waals surface area contributed by atoms with E-state index in [9.17, 15) is 9.59 Å². The molecule has 2 rings (SSSR count). The molecule has 0 spiro atoms. The molecule has 0 aromatic rings. The molecule has 2 amide bonds. The van der Waals surface area contributed by atoms with Crippen molar-refractivity contribution in [3.05, 3.63) is 11.1 Å². The summed E-state index contributed by atoms with van der Waals surface area (Å²) in [6.45, 7) is 0.808. The Balaban J connectivity index is 1.82. The molecule has 17 heavy (non-hydrogen) atoms. The molecule has 2 aliphatic heterocycles. The zero-order valence-corrected chi connectivity index (χ0v) is 9.84. The first-order chi connectivity index (χ1) is 8.20. The lowest BCUT2D eigenvalue weighted by molar-refractivity contribution is -0.131. The minimum absolute atomic E-state index is 0.270. The Labute approximate surface area is 103 Å². The number of nitrogens with zero attached hydrogens (tertiary/aromatic N) is 1.